The van der Waals surface area contributed by atoms with Crippen LogP contribution in [0.5, 0.6) is 0 Å². The van der Waals surface area contributed by atoms with Crippen molar-refractivity contribution in [2.75, 3.05) is 13.1 Å². The summed E-state index contributed by atoms with van der Waals surface area (Å²) in [5.41, 5.74) is 5.85. The van der Waals surface area contributed by atoms with Crippen LogP contribution in [0.25, 0.3) is 0 Å². The van der Waals surface area contributed by atoms with Crippen LogP contribution < -0.4 is 5.73 Å². The third kappa shape index (κ3) is 2.92. The highest BCUT2D eigenvalue weighted by Crippen LogP contribution is 2.24. The van der Waals surface area contributed by atoms with Gasteiger partial charge >= 0.3 is 0 Å². The van der Waals surface area contributed by atoms with Crippen LogP contribution in [-0.2, 0) is 11.2 Å². The van der Waals surface area contributed by atoms with E-state index in [0.29, 0.717) is 13.1 Å². The third-order valence-electron chi connectivity index (χ3n) is 3.49. The van der Waals surface area contributed by atoms with Crippen molar-refractivity contribution in [1.82, 2.24) is 4.90 Å². The first kappa shape index (κ1) is 13.9. The number of carbonyl (C=O) groups is 1. The Morgan fingerprint density at radius 3 is 2.74 bits per heavy atom. The fourth-order valence-corrected chi connectivity index (χ4v) is 2.51. The Labute approximate surface area is 111 Å². The molecule has 0 radical (unpaired) electrons. The van der Waals surface area contributed by atoms with E-state index in [9.17, 15) is 13.6 Å². The van der Waals surface area contributed by atoms with E-state index in [-0.39, 0.29) is 23.4 Å². The second-order valence-corrected chi connectivity index (χ2v) is 5.25. The summed E-state index contributed by atoms with van der Waals surface area (Å²) >= 11 is 0. The molecule has 0 aliphatic carbocycles. The molecule has 19 heavy (non-hydrogen) atoms. The Morgan fingerprint density at radius 1 is 1.42 bits per heavy atom. The molecule has 0 aromatic heterocycles. The molecule has 1 fully saturated rings. The summed E-state index contributed by atoms with van der Waals surface area (Å²) in [6, 6.07) is 3.87. The quantitative estimate of drug-likeness (QED) is 0.905. The fourth-order valence-electron chi connectivity index (χ4n) is 2.51. The molecule has 0 atom stereocenters. The molecular weight excluding hydrogens is 250 g/mol. The molecule has 2 rings (SSSR count). The predicted octanol–water partition coefficient (Wildman–Crippen LogP) is 1.85. The van der Waals surface area contributed by atoms with Crippen LogP contribution in [0.2, 0.25) is 0 Å². The highest BCUT2D eigenvalue weighted by atomic mass is 19.2. The largest absolute Gasteiger partial charge is 0.339 e. The van der Waals surface area contributed by atoms with Gasteiger partial charge in [0.15, 0.2) is 11.6 Å². The first-order valence-corrected chi connectivity index (χ1v) is 6.45. The second kappa shape index (κ2) is 5.25. The molecule has 0 spiro atoms. The Bertz CT molecular complexity index is 484. The number of amides is 1. The predicted molar refractivity (Wildman–Crippen MR) is 68.5 cm³/mol. The Morgan fingerprint density at radius 2 is 2.11 bits per heavy atom. The molecule has 1 saturated heterocycles. The standard InChI is InChI=1S/C14H18F2N2O/c1-2-6-14(17)8-18(9-14)12(19)7-10-4-3-5-11(15)13(10)16/h3-5H,2,6-9,17H2,1H3. The highest BCUT2D eigenvalue weighted by Gasteiger charge is 2.40. The normalized spacial score (nSPS) is 17.2. The highest BCUT2D eigenvalue weighted by molar-refractivity contribution is 5.80. The van der Waals surface area contributed by atoms with Gasteiger partial charge < -0.3 is 10.6 Å². The number of halogens is 2. The van der Waals surface area contributed by atoms with Crippen molar-refractivity contribution in [1.29, 1.82) is 0 Å². The van der Waals surface area contributed by atoms with E-state index >= 15 is 0 Å². The molecule has 1 aliphatic heterocycles. The molecule has 2 N–H and O–H groups in total. The third-order valence-corrected chi connectivity index (χ3v) is 3.49. The lowest BCUT2D eigenvalue weighted by molar-refractivity contribution is -0.138. The maximum atomic E-state index is 13.4. The van der Waals surface area contributed by atoms with E-state index in [1.165, 1.54) is 12.1 Å². The van der Waals surface area contributed by atoms with Crippen molar-refractivity contribution < 1.29 is 13.6 Å². The van der Waals surface area contributed by atoms with Gasteiger partial charge in [-0.15, -0.1) is 0 Å². The maximum absolute atomic E-state index is 13.4. The van der Waals surface area contributed by atoms with Gasteiger partial charge in [-0.1, -0.05) is 25.5 Å². The van der Waals surface area contributed by atoms with Crippen LogP contribution in [0.4, 0.5) is 8.78 Å². The number of hydrogen-bond donors (Lipinski definition) is 1. The molecule has 3 nitrogen and oxygen atoms in total. The average molecular weight is 268 g/mol. The van der Waals surface area contributed by atoms with Crippen LogP contribution in [0.15, 0.2) is 18.2 Å². The SMILES string of the molecule is CCCC1(N)CN(C(=O)Cc2cccc(F)c2F)C1. The van der Waals surface area contributed by atoms with E-state index in [0.717, 1.165) is 18.9 Å². The van der Waals surface area contributed by atoms with Crippen molar-refractivity contribution in [3.8, 4) is 0 Å². The Kier molecular flexibility index (Phi) is 3.85. The molecule has 104 valence electrons. The van der Waals surface area contributed by atoms with E-state index in [4.69, 9.17) is 5.73 Å². The van der Waals surface area contributed by atoms with Crippen LogP contribution in [0.1, 0.15) is 25.3 Å². The molecule has 1 heterocycles. The molecule has 1 aromatic carbocycles. The molecule has 5 heteroatoms. The molecule has 0 bridgehead atoms. The zero-order valence-electron chi connectivity index (χ0n) is 11.0. The van der Waals surface area contributed by atoms with Gasteiger partial charge in [0.25, 0.3) is 0 Å². The van der Waals surface area contributed by atoms with Crippen molar-refractivity contribution in [3.63, 3.8) is 0 Å². The molecule has 1 aromatic rings. The van der Waals surface area contributed by atoms with Crippen molar-refractivity contribution in [2.45, 2.75) is 31.7 Å². The molecule has 1 aliphatic rings. The smallest absolute Gasteiger partial charge is 0.227 e. The minimum atomic E-state index is -0.941. The first-order valence-electron chi connectivity index (χ1n) is 6.45. The number of hydrogen-bond acceptors (Lipinski definition) is 2. The maximum Gasteiger partial charge on any atom is 0.227 e. The van der Waals surface area contributed by atoms with E-state index in [1.54, 1.807) is 4.90 Å². The number of nitrogens with zero attached hydrogens (tertiary/aromatic N) is 1. The average Bonchev–Trinajstić information content (AvgIpc) is 2.32. The topological polar surface area (TPSA) is 46.3 Å². The van der Waals surface area contributed by atoms with E-state index in [2.05, 4.69) is 0 Å². The van der Waals surface area contributed by atoms with E-state index < -0.39 is 11.6 Å². The lowest BCUT2D eigenvalue weighted by atomic mass is 9.86. The van der Waals surface area contributed by atoms with Crippen molar-refractivity contribution in [2.24, 2.45) is 5.73 Å². The Hall–Kier alpha value is -1.49. The van der Waals surface area contributed by atoms with Gasteiger partial charge in [-0.05, 0) is 12.5 Å². The molecule has 1 amide bonds. The summed E-state index contributed by atoms with van der Waals surface area (Å²) in [5.74, 6) is -2.07. The summed E-state index contributed by atoms with van der Waals surface area (Å²) in [5, 5.41) is 0. The Balaban J connectivity index is 1.95. The minimum absolute atomic E-state index is 0.0926. The second-order valence-electron chi connectivity index (χ2n) is 5.25. The first-order chi connectivity index (χ1) is 8.95. The summed E-state index contributed by atoms with van der Waals surface area (Å²) in [7, 11) is 0. The van der Waals surface area contributed by atoms with Crippen LogP contribution >= 0.6 is 0 Å². The summed E-state index contributed by atoms with van der Waals surface area (Å²) < 4.78 is 26.5. The van der Waals surface area contributed by atoms with E-state index in [1.807, 2.05) is 6.92 Å². The van der Waals surface area contributed by atoms with Gasteiger partial charge in [-0.25, -0.2) is 8.78 Å². The summed E-state index contributed by atoms with van der Waals surface area (Å²) in [6.45, 7) is 3.04. The number of benzene rings is 1. The zero-order valence-corrected chi connectivity index (χ0v) is 11.0. The lowest BCUT2D eigenvalue weighted by Crippen LogP contribution is -2.68. The van der Waals surface area contributed by atoms with Crippen molar-refractivity contribution >= 4 is 5.91 Å². The zero-order chi connectivity index (χ0) is 14.0. The lowest BCUT2D eigenvalue weighted by Gasteiger charge is -2.48. The van der Waals surface area contributed by atoms with Gasteiger partial charge in [0, 0.05) is 18.7 Å². The fraction of sp³-hybridized carbons (Fsp3) is 0.500. The van der Waals surface area contributed by atoms with Crippen molar-refractivity contribution in [3.05, 3.63) is 35.4 Å². The molecule has 0 unspecified atom stereocenters. The monoisotopic (exact) mass is 268 g/mol. The number of likely N-dealkylation sites (tertiary alicyclic amines) is 1. The van der Waals surface area contributed by atoms with Crippen LogP contribution in [0.3, 0.4) is 0 Å². The molecular formula is C14H18F2N2O. The number of carbonyl (C=O) groups excluding carboxylic acids is 1. The van der Waals surface area contributed by atoms with Crippen LogP contribution in [0, 0.1) is 11.6 Å². The number of nitrogens with two attached hydrogens (primary N) is 1. The van der Waals surface area contributed by atoms with Crippen LogP contribution in [-0.4, -0.2) is 29.4 Å². The van der Waals surface area contributed by atoms with Gasteiger partial charge in [0.1, 0.15) is 0 Å². The van der Waals surface area contributed by atoms with Gasteiger partial charge in [-0.3, -0.25) is 4.79 Å². The van der Waals surface area contributed by atoms with Gasteiger partial charge in [0.2, 0.25) is 5.91 Å². The minimum Gasteiger partial charge on any atom is -0.339 e. The summed E-state index contributed by atoms with van der Waals surface area (Å²) in [4.78, 5) is 13.5. The van der Waals surface area contributed by atoms with Gasteiger partial charge in [0.05, 0.1) is 12.0 Å². The summed E-state index contributed by atoms with van der Waals surface area (Å²) in [6.07, 6.45) is 1.72. The van der Waals surface area contributed by atoms with Gasteiger partial charge in [-0.2, -0.15) is 0 Å². The number of rotatable bonds is 4. The molecule has 0 saturated carbocycles.